The molecule has 5 heteroatoms. The Morgan fingerprint density at radius 3 is 2.44 bits per heavy atom. The number of hydrogen-bond acceptors (Lipinski definition) is 4. The fraction of sp³-hybridized carbons (Fsp3) is 0.682. The molecule has 1 aromatic rings. The average Bonchev–Trinajstić information content (AvgIpc) is 2.60. The van der Waals surface area contributed by atoms with Crippen LogP contribution in [0.4, 0.5) is 5.69 Å². The maximum absolute atomic E-state index is 11.1. The highest BCUT2D eigenvalue weighted by molar-refractivity contribution is 6.74. The maximum atomic E-state index is 11.1. The molecule has 1 fully saturated rings. The van der Waals surface area contributed by atoms with Gasteiger partial charge in [-0.25, -0.2) is 0 Å². The van der Waals surface area contributed by atoms with Crippen LogP contribution in [0.15, 0.2) is 24.3 Å². The van der Waals surface area contributed by atoms with Crippen LogP contribution in [0.1, 0.15) is 71.0 Å². The van der Waals surface area contributed by atoms with E-state index in [0.29, 0.717) is 6.42 Å². The van der Waals surface area contributed by atoms with Crippen LogP contribution in [-0.2, 0) is 4.43 Å². The number of nitrogens with zero attached hydrogens (tertiary/aromatic N) is 2. The molecule has 1 N–H and O–H groups in total. The van der Waals surface area contributed by atoms with Crippen LogP contribution in [0.25, 0.3) is 0 Å². The van der Waals surface area contributed by atoms with E-state index in [9.17, 15) is 10.4 Å². The summed E-state index contributed by atoms with van der Waals surface area (Å²) in [7, 11) is -0.0231. The molecule has 0 radical (unpaired) electrons. The lowest BCUT2D eigenvalue weighted by molar-refractivity contribution is 0.00540. The summed E-state index contributed by atoms with van der Waals surface area (Å²) in [6, 6.07) is 10.5. The standard InChI is InChI=1S/C22H36N2O2Si/c1-21(2,3)27(5,6)26-20(13-16-23)18-11-10-12-19(17-18)24(4)22(25)14-8-7-9-15-22/h10-12,17,20,25H,7-9,13-15H2,1-6H3. The van der Waals surface area contributed by atoms with Gasteiger partial charge in [-0.3, -0.25) is 0 Å². The summed E-state index contributed by atoms with van der Waals surface area (Å²) in [5.74, 6) is 0. The first-order chi connectivity index (χ1) is 12.5. The van der Waals surface area contributed by atoms with Crippen LogP contribution in [0.2, 0.25) is 18.1 Å². The van der Waals surface area contributed by atoms with Gasteiger partial charge in [0.2, 0.25) is 0 Å². The first-order valence-electron chi connectivity index (χ1n) is 10.1. The molecule has 150 valence electrons. The van der Waals surface area contributed by atoms with Crippen LogP contribution in [0.3, 0.4) is 0 Å². The first-order valence-corrected chi connectivity index (χ1v) is 13.0. The van der Waals surface area contributed by atoms with Gasteiger partial charge in [0.25, 0.3) is 0 Å². The SMILES string of the molecule is CN(c1cccc(C(CC#N)O[Si](C)(C)C(C)(C)C)c1)C1(O)CCCCC1. The third kappa shape index (κ3) is 5.13. The summed E-state index contributed by atoms with van der Waals surface area (Å²) in [6.07, 6.45) is 5.03. The summed E-state index contributed by atoms with van der Waals surface area (Å²) in [6.45, 7) is 11.1. The summed E-state index contributed by atoms with van der Waals surface area (Å²) in [4.78, 5) is 2.01. The van der Waals surface area contributed by atoms with E-state index in [1.54, 1.807) is 0 Å². The summed E-state index contributed by atoms with van der Waals surface area (Å²) in [5.41, 5.74) is 1.23. The van der Waals surface area contributed by atoms with Crippen LogP contribution in [0, 0.1) is 11.3 Å². The van der Waals surface area contributed by atoms with Gasteiger partial charge in [-0.2, -0.15) is 5.26 Å². The molecular weight excluding hydrogens is 352 g/mol. The fourth-order valence-corrected chi connectivity index (χ4v) is 4.75. The molecule has 0 amide bonds. The largest absolute Gasteiger partial charge is 0.409 e. The van der Waals surface area contributed by atoms with Crippen molar-refractivity contribution < 1.29 is 9.53 Å². The van der Waals surface area contributed by atoms with Crippen molar-refractivity contribution in [3.63, 3.8) is 0 Å². The summed E-state index contributed by atoms with van der Waals surface area (Å²) >= 11 is 0. The minimum Gasteiger partial charge on any atom is -0.409 e. The predicted molar refractivity (Wildman–Crippen MR) is 114 cm³/mol. The van der Waals surface area contributed by atoms with E-state index in [1.165, 1.54) is 6.42 Å². The zero-order valence-corrected chi connectivity index (χ0v) is 18.9. The second-order valence-corrected chi connectivity index (χ2v) is 14.2. The Hall–Kier alpha value is -1.35. The van der Waals surface area contributed by atoms with Crippen molar-refractivity contribution >= 4 is 14.0 Å². The van der Waals surface area contributed by atoms with Crippen molar-refractivity contribution in [3.05, 3.63) is 29.8 Å². The van der Waals surface area contributed by atoms with Crippen molar-refractivity contribution in [2.24, 2.45) is 0 Å². The molecule has 0 aliphatic heterocycles. The normalized spacial score (nSPS) is 18.6. The monoisotopic (exact) mass is 388 g/mol. The second-order valence-electron chi connectivity index (χ2n) is 9.43. The van der Waals surface area contributed by atoms with E-state index in [2.05, 4.69) is 46.0 Å². The molecule has 1 saturated carbocycles. The molecule has 1 aliphatic rings. The zero-order chi connectivity index (χ0) is 20.3. The minimum atomic E-state index is -1.99. The third-order valence-corrected chi connectivity index (χ3v) is 10.9. The van der Waals surface area contributed by atoms with Gasteiger partial charge < -0.3 is 14.4 Å². The van der Waals surface area contributed by atoms with Gasteiger partial charge in [0, 0.05) is 12.7 Å². The third-order valence-electron chi connectivity index (χ3n) is 6.43. The van der Waals surface area contributed by atoms with Crippen molar-refractivity contribution in [1.29, 1.82) is 5.26 Å². The first kappa shape index (κ1) is 21.9. The molecule has 4 nitrogen and oxygen atoms in total. The fourth-order valence-electron chi connectivity index (χ4n) is 3.47. The smallest absolute Gasteiger partial charge is 0.192 e. The van der Waals surface area contributed by atoms with Crippen LogP contribution >= 0.6 is 0 Å². The van der Waals surface area contributed by atoms with E-state index in [-0.39, 0.29) is 11.1 Å². The highest BCUT2D eigenvalue weighted by Gasteiger charge is 2.39. The van der Waals surface area contributed by atoms with Gasteiger partial charge in [0.1, 0.15) is 5.72 Å². The maximum Gasteiger partial charge on any atom is 0.192 e. The van der Waals surface area contributed by atoms with Crippen LogP contribution < -0.4 is 4.90 Å². The zero-order valence-electron chi connectivity index (χ0n) is 17.9. The number of rotatable bonds is 6. The number of nitriles is 1. The number of anilines is 1. The highest BCUT2D eigenvalue weighted by Crippen LogP contribution is 2.41. The average molecular weight is 389 g/mol. The molecule has 27 heavy (non-hydrogen) atoms. The Bertz CT molecular complexity index is 670. The molecule has 0 aromatic heterocycles. The van der Waals surface area contributed by atoms with E-state index >= 15 is 0 Å². The molecule has 1 atom stereocenters. The highest BCUT2D eigenvalue weighted by atomic mass is 28.4. The van der Waals surface area contributed by atoms with E-state index in [0.717, 1.165) is 36.9 Å². The molecule has 0 spiro atoms. The van der Waals surface area contributed by atoms with Gasteiger partial charge >= 0.3 is 0 Å². The van der Waals surface area contributed by atoms with Gasteiger partial charge in [0.05, 0.1) is 18.6 Å². The molecule has 1 aromatic carbocycles. The number of benzene rings is 1. The molecule has 0 saturated heterocycles. The van der Waals surface area contributed by atoms with Crippen molar-refractivity contribution in [2.75, 3.05) is 11.9 Å². The second kappa shape index (κ2) is 8.34. The number of aliphatic hydroxyl groups is 1. The molecule has 1 unspecified atom stereocenters. The summed E-state index contributed by atoms with van der Waals surface area (Å²) in [5, 5.41) is 20.5. The van der Waals surface area contributed by atoms with Gasteiger partial charge in [0.15, 0.2) is 8.32 Å². The lowest BCUT2D eigenvalue weighted by Crippen LogP contribution is -2.48. The quantitative estimate of drug-likeness (QED) is 0.498. The van der Waals surface area contributed by atoms with Gasteiger partial charge in [-0.05, 0) is 61.5 Å². The lowest BCUT2D eigenvalue weighted by atomic mass is 9.90. The van der Waals surface area contributed by atoms with Crippen molar-refractivity contribution in [3.8, 4) is 6.07 Å². The molecule has 1 aliphatic carbocycles. The molecule has 0 heterocycles. The van der Waals surface area contributed by atoms with Crippen LogP contribution in [0.5, 0.6) is 0 Å². The lowest BCUT2D eigenvalue weighted by Gasteiger charge is -2.42. The minimum absolute atomic E-state index is 0.0896. The number of hydrogen-bond donors (Lipinski definition) is 1. The van der Waals surface area contributed by atoms with E-state index < -0.39 is 14.0 Å². The Morgan fingerprint density at radius 2 is 1.89 bits per heavy atom. The van der Waals surface area contributed by atoms with E-state index in [4.69, 9.17) is 4.43 Å². The van der Waals surface area contributed by atoms with Gasteiger partial charge in [-0.1, -0.05) is 39.3 Å². The van der Waals surface area contributed by atoms with E-state index in [1.807, 2.05) is 30.1 Å². The Kier molecular flexibility index (Phi) is 6.78. The molecular formula is C22H36N2O2Si. The Balaban J connectivity index is 2.28. The predicted octanol–water partition coefficient (Wildman–Crippen LogP) is 5.75. The van der Waals surface area contributed by atoms with Gasteiger partial charge in [-0.15, -0.1) is 0 Å². The van der Waals surface area contributed by atoms with Crippen LogP contribution in [-0.4, -0.2) is 26.2 Å². The van der Waals surface area contributed by atoms with Crippen molar-refractivity contribution in [2.45, 2.75) is 89.3 Å². The molecule has 2 rings (SSSR count). The Morgan fingerprint density at radius 1 is 1.26 bits per heavy atom. The topological polar surface area (TPSA) is 56.5 Å². The summed E-state index contributed by atoms with van der Waals surface area (Å²) < 4.78 is 6.57. The Labute approximate surface area is 166 Å². The van der Waals surface area contributed by atoms with Crippen molar-refractivity contribution in [1.82, 2.24) is 0 Å². The molecule has 0 bridgehead atoms.